The predicted molar refractivity (Wildman–Crippen MR) is 228 cm³/mol. The Morgan fingerprint density at radius 1 is 0.393 bits per heavy atom. The SMILES string of the molecule is c1ccc(-c2cc(-c3cccc(-c4nn5c(-c6ccccc6)cc6ccccc6c5c4-c4ccccc4)c3)nc(-c3ccc4oc5ccccc5c4c3)n2)cc1. The van der Waals surface area contributed by atoms with E-state index in [9.17, 15) is 0 Å². The van der Waals surface area contributed by atoms with Gasteiger partial charge in [0.2, 0.25) is 0 Å². The number of fused-ring (bicyclic) bond motifs is 6. The Morgan fingerprint density at radius 3 is 1.79 bits per heavy atom. The van der Waals surface area contributed by atoms with Crippen LogP contribution in [-0.4, -0.2) is 19.6 Å². The Kier molecular flexibility index (Phi) is 7.42. The molecule has 4 aromatic heterocycles. The number of nitrogens with zero attached hydrogens (tertiary/aromatic N) is 4. The molecule has 262 valence electrons. The molecule has 7 aromatic carbocycles. The number of pyridine rings is 1. The van der Waals surface area contributed by atoms with Gasteiger partial charge < -0.3 is 4.42 Å². The first-order chi connectivity index (χ1) is 27.7. The Balaban J connectivity index is 1.13. The summed E-state index contributed by atoms with van der Waals surface area (Å²) in [4.78, 5) is 10.4. The summed E-state index contributed by atoms with van der Waals surface area (Å²) in [7, 11) is 0. The molecule has 0 saturated heterocycles. The summed E-state index contributed by atoms with van der Waals surface area (Å²) in [5, 5.41) is 9.90. The molecule has 5 nitrogen and oxygen atoms in total. The summed E-state index contributed by atoms with van der Waals surface area (Å²) >= 11 is 0. The van der Waals surface area contributed by atoms with Crippen molar-refractivity contribution in [3.8, 4) is 67.5 Å². The Bertz CT molecular complexity index is 3240. The van der Waals surface area contributed by atoms with E-state index in [1.807, 2.05) is 48.5 Å². The lowest BCUT2D eigenvalue weighted by molar-refractivity contribution is 0.669. The lowest BCUT2D eigenvalue weighted by Crippen LogP contribution is -1.96. The molecule has 56 heavy (non-hydrogen) atoms. The fraction of sp³-hybridized carbons (Fsp3) is 0. The van der Waals surface area contributed by atoms with Crippen molar-refractivity contribution in [3.63, 3.8) is 0 Å². The predicted octanol–water partition coefficient (Wildman–Crippen LogP) is 13.2. The number of rotatable bonds is 6. The second-order valence-electron chi connectivity index (χ2n) is 14.1. The van der Waals surface area contributed by atoms with Crippen molar-refractivity contribution < 1.29 is 4.42 Å². The summed E-state index contributed by atoms with van der Waals surface area (Å²) in [6, 6.07) is 67.3. The van der Waals surface area contributed by atoms with Crippen LogP contribution < -0.4 is 0 Å². The van der Waals surface area contributed by atoms with Gasteiger partial charge in [-0.1, -0.05) is 152 Å². The van der Waals surface area contributed by atoms with Crippen molar-refractivity contribution in [1.29, 1.82) is 0 Å². The molecule has 0 unspecified atom stereocenters. The summed E-state index contributed by atoms with van der Waals surface area (Å²) in [6.07, 6.45) is 0. The molecular weight excluding hydrogens is 685 g/mol. The molecule has 0 radical (unpaired) electrons. The van der Waals surface area contributed by atoms with E-state index in [0.717, 1.165) is 94.6 Å². The highest BCUT2D eigenvalue weighted by Gasteiger charge is 2.22. The number of benzene rings is 7. The first kappa shape index (κ1) is 31.9. The first-order valence-electron chi connectivity index (χ1n) is 18.8. The van der Waals surface area contributed by atoms with Gasteiger partial charge in [0.25, 0.3) is 0 Å². The zero-order chi connectivity index (χ0) is 37.0. The molecule has 0 fully saturated rings. The van der Waals surface area contributed by atoms with Crippen molar-refractivity contribution in [1.82, 2.24) is 19.6 Å². The van der Waals surface area contributed by atoms with Crippen molar-refractivity contribution in [3.05, 3.63) is 194 Å². The minimum absolute atomic E-state index is 0.649. The van der Waals surface area contributed by atoms with E-state index in [1.165, 1.54) is 5.39 Å². The molecule has 0 atom stereocenters. The van der Waals surface area contributed by atoms with Gasteiger partial charge in [0.05, 0.1) is 22.6 Å². The van der Waals surface area contributed by atoms with Gasteiger partial charge in [0.1, 0.15) is 16.9 Å². The average Bonchev–Trinajstić information content (AvgIpc) is 3.86. The zero-order valence-corrected chi connectivity index (χ0v) is 30.2. The van der Waals surface area contributed by atoms with E-state index in [2.05, 4.69) is 150 Å². The third kappa shape index (κ3) is 5.37. The molecule has 0 spiro atoms. The summed E-state index contributed by atoms with van der Waals surface area (Å²) in [6.45, 7) is 0. The van der Waals surface area contributed by atoms with Gasteiger partial charge >= 0.3 is 0 Å². The van der Waals surface area contributed by atoms with Crippen molar-refractivity contribution in [2.75, 3.05) is 0 Å². The van der Waals surface area contributed by atoms with Crippen LogP contribution in [0.4, 0.5) is 0 Å². The molecule has 11 rings (SSSR count). The van der Waals surface area contributed by atoms with Gasteiger partial charge in [-0.2, -0.15) is 5.10 Å². The smallest absolute Gasteiger partial charge is 0.160 e. The number of hydrogen-bond donors (Lipinski definition) is 0. The maximum Gasteiger partial charge on any atom is 0.160 e. The van der Waals surface area contributed by atoms with Crippen LogP contribution in [0.5, 0.6) is 0 Å². The Morgan fingerprint density at radius 2 is 1.00 bits per heavy atom. The van der Waals surface area contributed by atoms with Gasteiger partial charge in [0, 0.05) is 49.5 Å². The molecule has 4 heterocycles. The van der Waals surface area contributed by atoms with E-state index in [1.54, 1.807) is 0 Å². The molecule has 11 aromatic rings. The maximum atomic E-state index is 6.16. The molecule has 0 aliphatic rings. The molecular formula is C51H32N4O. The molecule has 0 amide bonds. The lowest BCUT2D eigenvalue weighted by Gasteiger charge is -2.11. The van der Waals surface area contributed by atoms with E-state index in [-0.39, 0.29) is 0 Å². The van der Waals surface area contributed by atoms with Crippen LogP contribution in [0.15, 0.2) is 199 Å². The van der Waals surface area contributed by atoms with Crippen LogP contribution in [0.2, 0.25) is 0 Å². The largest absolute Gasteiger partial charge is 0.456 e. The second-order valence-corrected chi connectivity index (χ2v) is 14.1. The molecule has 0 N–H and O–H groups in total. The molecule has 0 aliphatic heterocycles. The van der Waals surface area contributed by atoms with Crippen LogP contribution in [0.25, 0.3) is 106 Å². The van der Waals surface area contributed by atoms with Gasteiger partial charge in [0.15, 0.2) is 5.82 Å². The summed E-state index contributed by atoms with van der Waals surface area (Å²) in [5.41, 5.74) is 13.6. The van der Waals surface area contributed by atoms with Gasteiger partial charge in [-0.05, 0) is 53.4 Å². The minimum Gasteiger partial charge on any atom is -0.456 e. The minimum atomic E-state index is 0.649. The normalized spacial score (nSPS) is 11.6. The number of aromatic nitrogens is 4. The fourth-order valence-electron chi connectivity index (χ4n) is 7.95. The summed E-state index contributed by atoms with van der Waals surface area (Å²) < 4.78 is 8.29. The van der Waals surface area contributed by atoms with Crippen LogP contribution >= 0.6 is 0 Å². The van der Waals surface area contributed by atoms with Crippen LogP contribution in [0.3, 0.4) is 0 Å². The summed E-state index contributed by atoms with van der Waals surface area (Å²) in [5.74, 6) is 0.649. The standard InChI is InChI=1S/C51H32N4O/c1-4-15-33(16-5-1)43-32-44(53-51(52-43)39-27-28-47-42(30-39)41-25-12-13-26-46(41)56-47)37-22-14-23-38(29-37)49-48(35-19-8-3-9-20-35)50-40-24-11-10-21-36(40)31-45(55(50)54-49)34-17-6-2-7-18-34/h1-32H. The number of para-hydroxylation sites is 1. The monoisotopic (exact) mass is 716 g/mol. The topological polar surface area (TPSA) is 56.2 Å². The molecule has 0 bridgehead atoms. The fourth-order valence-corrected chi connectivity index (χ4v) is 7.95. The van der Waals surface area contributed by atoms with E-state index < -0.39 is 0 Å². The molecule has 5 heteroatoms. The zero-order valence-electron chi connectivity index (χ0n) is 30.2. The van der Waals surface area contributed by atoms with Crippen LogP contribution in [0, 0.1) is 0 Å². The van der Waals surface area contributed by atoms with E-state index in [0.29, 0.717) is 5.82 Å². The average molecular weight is 717 g/mol. The van der Waals surface area contributed by atoms with E-state index in [4.69, 9.17) is 19.5 Å². The maximum absolute atomic E-state index is 6.16. The van der Waals surface area contributed by atoms with Gasteiger partial charge in [-0.25, -0.2) is 14.5 Å². The number of hydrogen-bond acceptors (Lipinski definition) is 4. The van der Waals surface area contributed by atoms with Crippen molar-refractivity contribution in [2.45, 2.75) is 0 Å². The second kappa shape index (κ2) is 13.0. The van der Waals surface area contributed by atoms with Gasteiger partial charge in [-0.3, -0.25) is 0 Å². The highest BCUT2D eigenvalue weighted by molar-refractivity contribution is 6.09. The van der Waals surface area contributed by atoms with E-state index >= 15 is 0 Å². The molecule has 0 saturated carbocycles. The van der Waals surface area contributed by atoms with Crippen molar-refractivity contribution >= 4 is 38.2 Å². The molecule has 0 aliphatic carbocycles. The van der Waals surface area contributed by atoms with Crippen LogP contribution in [0.1, 0.15) is 0 Å². The highest BCUT2D eigenvalue weighted by Crippen LogP contribution is 2.42. The quantitative estimate of drug-likeness (QED) is 0.172. The van der Waals surface area contributed by atoms with Crippen LogP contribution in [-0.2, 0) is 0 Å². The van der Waals surface area contributed by atoms with Gasteiger partial charge in [-0.15, -0.1) is 0 Å². The third-order valence-electron chi connectivity index (χ3n) is 10.6. The number of furan rings is 1. The Labute approximate surface area is 322 Å². The highest BCUT2D eigenvalue weighted by atomic mass is 16.3. The third-order valence-corrected chi connectivity index (χ3v) is 10.6. The Hall–Kier alpha value is -7.63. The lowest BCUT2D eigenvalue weighted by atomic mass is 9.95. The van der Waals surface area contributed by atoms with Crippen molar-refractivity contribution in [2.24, 2.45) is 0 Å². The first-order valence-corrected chi connectivity index (χ1v) is 18.8.